The Kier molecular flexibility index (Phi) is 4.02. The van der Waals surface area contributed by atoms with Crippen molar-refractivity contribution in [2.75, 3.05) is 20.3 Å². The highest BCUT2D eigenvalue weighted by Crippen LogP contribution is 2.32. The number of nitrogens with two attached hydrogens (primary N) is 1. The largest absolute Gasteiger partial charge is 0.493 e. The number of aryl methyl sites for hydroxylation is 1. The second kappa shape index (κ2) is 5.51. The van der Waals surface area contributed by atoms with E-state index in [1.165, 1.54) is 0 Å². The Morgan fingerprint density at radius 3 is 3.12 bits per heavy atom. The summed E-state index contributed by atoms with van der Waals surface area (Å²) in [5.74, 6) is 1.14. The van der Waals surface area contributed by atoms with E-state index in [-0.39, 0.29) is 6.04 Å². The molecule has 0 saturated carbocycles. The van der Waals surface area contributed by atoms with Crippen molar-refractivity contribution in [2.24, 2.45) is 11.7 Å². The molecule has 0 amide bonds. The predicted molar refractivity (Wildman–Crippen MR) is 64.9 cm³/mol. The van der Waals surface area contributed by atoms with Crippen LogP contribution in [0.25, 0.3) is 0 Å². The van der Waals surface area contributed by atoms with Gasteiger partial charge in [0.25, 0.3) is 0 Å². The van der Waals surface area contributed by atoms with Gasteiger partial charge in [-0.05, 0) is 19.8 Å². The van der Waals surface area contributed by atoms with E-state index in [2.05, 4.69) is 12.0 Å². The lowest BCUT2D eigenvalue weighted by molar-refractivity contribution is 0.0433. The molecular formula is C12H21N3O2. The number of ether oxygens (including phenoxy) is 2. The fourth-order valence-electron chi connectivity index (χ4n) is 2.40. The zero-order chi connectivity index (χ0) is 12.3. The summed E-state index contributed by atoms with van der Waals surface area (Å²) in [7, 11) is 1.66. The van der Waals surface area contributed by atoms with E-state index >= 15 is 0 Å². The van der Waals surface area contributed by atoms with Crippen molar-refractivity contribution >= 4 is 0 Å². The Hall–Kier alpha value is -1.07. The molecule has 2 heterocycles. The number of nitrogens with zero attached hydrogens (tertiary/aromatic N) is 2. The van der Waals surface area contributed by atoms with Crippen molar-refractivity contribution in [3.63, 3.8) is 0 Å². The smallest absolute Gasteiger partial charge is 0.161 e. The first kappa shape index (κ1) is 12.4. The quantitative estimate of drug-likeness (QED) is 0.861. The maximum absolute atomic E-state index is 6.35. The van der Waals surface area contributed by atoms with Crippen LogP contribution in [-0.2, 0) is 11.3 Å². The van der Waals surface area contributed by atoms with Crippen LogP contribution < -0.4 is 10.5 Å². The molecule has 0 aliphatic carbocycles. The molecule has 2 N–H and O–H groups in total. The monoisotopic (exact) mass is 239 g/mol. The van der Waals surface area contributed by atoms with Crippen LogP contribution in [0.2, 0.25) is 0 Å². The van der Waals surface area contributed by atoms with Crippen LogP contribution in [0.1, 0.15) is 31.5 Å². The van der Waals surface area contributed by atoms with Gasteiger partial charge in [-0.3, -0.25) is 4.68 Å². The van der Waals surface area contributed by atoms with Crippen LogP contribution in [0.4, 0.5) is 0 Å². The van der Waals surface area contributed by atoms with Crippen LogP contribution in [0, 0.1) is 5.92 Å². The molecule has 2 rings (SSSR count). The van der Waals surface area contributed by atoms with Gasteiger partial charge in [0, 0.05) is 19.1 Å². The Morgan fingerprint density at radius 1 is 1.71 bits per heavy atom. The number of methoxy groups -OCH3 is 1. The molecule has 0 bridgehead atoms. The van der Waals surface area contributed by atoms with E-state index in [1.54, 1.807) is 13.3 Å². The van der Waals surface area contributed by atoms with Gasteiger partial charge in [-0.2, -0.15) is 5.10 Å². The zero-order valence-electron chi connectivity index (χ0n) is 10.6. The molecule has 2 unspecified atom stereocenters. The molecule has 0 radical (unpaired) electrons. The number of rotatable bonds is 4. The Labute approximate surface area is 102 Å². The Balaban J connectivity index is 2.21. The van der Waals surface area contributed by atoms with E-state index in [9.17, 15) is 0 Å². The number of aromatic nitrogens is 2. The standard InChI is InChI=1S/C12H21N3O2/c1-3-15-12(10(16-2)7-14-15)11(13)9-5-4-6-17-8-9/h7,9,11H,3-6,8,13H2,1-2H3. The van der Waals surface area contributed by atoms with Crippen molar-refractivity contribution in [2.45, 2.75) is 32.4 Å². The van der Waals surface area contributed by atoms with Gasteiger partial charge in [0.15, 0.2) is 5.75 Å². The van der Waals surface area contributed by atoms with Gasteiger partial charge in [-0.1, -0.05) is 0 Å². The van der Waals surface area contributed by atoms with Gasteiger partial charge >= 0.3 is 0 Å². The van der Waals surface area contributed by atoms with Crippen molar-refractivity contribution in [3.8, 4) is 5.75 Å². The predicted octanol–water partition coefficient (Wildman–Crippen LogP) is 1.34. The molecule has 1 fully saturated rings. The minimum absolute atomic E-state index is 0.0623. The maximum Gasteiger partial charge on any atom is 0.161 e. The van der Waals surface area contributed by atoms with Crippen molar-refractivity contribution < 1.29 is 9.47 Å². The fourth-order valence-corrected chi connectivity index (χ4v) is 2.40. The van der Waals surface area contributed by atoms with Gasteiger partial charge in [0.1, 0.15) is 0 Å². The van der Waals surface area contributed by atoms with Gasteiger partial charge in [-0.25, -0.2) is 0 Å². The van der Waals surface area contributed by atoms with Crippen LogP contribution in [0.5, 0.6) is 5.75 Å². The summed E-state index contributed by atoms with van der Waals surface area (Å²) < 4.78 is 12.7. The molecule has 0 spiro atoms. The minimum atomic E-state index is -0.0623. The molecule has 5 nitrogen and oxygen atoms in total. The molecule has 5 heteroatoms. The SMILES string of the molecule is CCn1ncc(OC)c1C(N)C1CCCOC1. The van der Waals surface area contributed by atoms with Crippen molar-refractivity contribution in [1.29, 1.82) is 0 Å². The first-order valence-electron chi connectivity index (χ1n) is 6.21. The fraction of sp³-hybridized carbons (Fsp3) is 0.750. The average molecular weight is 239 g/mol. The van der Waals surface area contributed by atoms with E-state index in [4.69, 9.17) is 15.2 Å². The molecule has 1 aromatic rings. The molecule has 17 heavy (non-hydrogen) atoms. The summed E-state index contributed by atoms with van der Waals surface area (Å²) in [4.78, 5) is 0. The molecule has 1 aliphatic rings. The number of hydrogen-bond donors (Lipinski definition) is 1. The third-order valence-corrected chi connectivity index (χ3v) is 3.38. The second-order valence-corrected chi connectivity index (χ2v) is 4.42. The van der Waals surface area contributed by atoms with Crippen LogP contribution in [0.3, 0.4) is 0 Å². The third-order valence-electron chi connectivity index (χ3n) is 3.38. The number of hydrogen-bond acceptors (Lipinski definition) is 4. The van der Waals surface area contributed by atoms with Crippen LogP contribution in [-0.4, -0.2) is 30.1 Å². The van der Waals surface area contributed by atoms with Gasteiger partial charge in [0.05, 0.1) is 31.6 Å². The van der Waals surface area contributed by atoms with Gasteiger partial charge in [-0.15, -0.1) is 0 Å². The highest BCUT2D eigenvalue weighted by Gasteiger charge is 2.27. The topological polar surface area (TPSA) is 62.3 Å². The lowest BCUT2D eigenvalue weighted by Gasteiger charge is -2.28. The molecule has 1 aliphatic heterocycles. The molecule has 0 aromatic carbocycles. The highest BCUT2D eigenvalue weighted by molar-refractivity contribution is 5.28. The third kappa shape index (κ3) is 2.45. The summed E-state index contributed by atoms with van der Waals surface area (Å²) in [6.45, 7) is 4.45. The average Bonchev–Trinajstić information content (AvgIpc) is 2.81. The normalized spacial score (nSPS) is 22.4. The molecule has 96 valence electrons. The molecule has 1 aromatic heterocycles. The highest BCUT2D eigenvalue weighted by atomic mass is 16.5. The summed E-state index contributed by atoms with van der Waals surface area (Å²) in [6, 6.07) is -0.0623. The molecule has 2 atom stereocenters. The summed E-state index contributed by atoms with van der Waals surface area (Å²) in [5.41, 5.74) is 7.34. The van der Waals surface area contributed by atoms with Gasteiger partial charge < -0.3 is 15.2 Å². The summed E-state index contributed by atoms with van der Waals surface area (Å²) >= 11 is 0. The van der Waals surface area contributed by atoms with Crippen LogP contribution in [0.15, 0.2) is 6.20 Å². The van der Waals surface area contributed by atoms with Crippen molar-refractivity contribution in [1.82, 2.24) is 9.78 Å². The first-order valence-corrected chi connectivity index (χ1v) is 6.21. The van der Waals surface area contributed by atoms with Gasteiger partial charge in [0.2, 0.25) is 0 Å². The van der Waals surface area contributed by atoms with E-state index in [0.717, 1.165) is 44.0 Å². The minimum Gasteiger partial charge on any atom is -0.493 e. The maximum atomic E-state index is 6.35. The van der Waals surface area contributed by atoms with Crippen molar-refractivity contribution in [3.05, 3.63) is 11.9 Å². The Bertz CT molecular complexity index is 337. The van der Waals surface area contributed by atoms with E-state index < -0.39 is 0 Å². The van der Waals surface area contributed by atoms with E-state index in [1.807, 2.05) is 4.68 Å². The molecule has 1 saturated heterocycles. The lowest BCUT2D eigenvalue weighted by atomic mass is 9.92. The zero-order valence-corrected chi connectivity index (χ0v) is 10.6. The van der Waals surface area contributed by atoms with E-state index in [0.29, 0.717) is 5.92 Å². The summed E-state index contributed by atoms with van der Waals surface area (Å²) in [6.07, 6.45) is 3.93. The first-order chi connectivity index (χ1) is 8.27. The molecular weight excluding hydrogens is 218 g/mol. The second-order valence-electron chi connectivity index (χ2n) is 4.42. The summed E-state index contributed by atoms with van der Waals surface area (Å²) in [5, 5.41) is 4.29. The Morgan fingerprint density at radius 2 is 2.53 bits per heavy atom. The van der Waals surface area contributed by atoms with Crippen LogP contribution >= 0.6 is 0 Å². The lowest BCUT2D eigenvalue weighted by Crippen LogP contribution is -2.31.